The van der Waals surface area contributed by atoms with Crippen molar-refractivity contribution in [3.05, 3.63) is 57.0 Å². The maximum absolute atomic E-state index is 12.0. The number of esters is 1. The third kappa shape index (κ3) is 4.51. The number of carbonyl (C=O) groups excluding carboxylic acids is 2. The van der Waals surface area contributed by atoms with Crippen LogP contribution in [0.15, 0.2) is 36.4 Å². The molecular weight excluding hydrogens is 363 g/mol. The zero-order chi connectivity index (χ0) is 17.0. The number of nitrogen functional groups attached to an aromatic ring is 1. The molecule has 3 N–H and O–H groups in total. The molecule has 0 aliphatic heterocycles. The number of nitrogens with two attached hydrogens (primary N) is 1. The molecule has 2 rings (SSSR count). The number of nitrogens with one attached hydrogen (secondary N) is 1. The van der Waals surface area contributed by atoms with Gasteiger partial charge >= 0.3 is 5.97 Å². The van der Waals surface area contributed by atoms with Crippen LogP contribution in [0.25, 0.3) is 0 Å². The molecule has 23 heavy (non-hydrogen) atoms. The predicted octanol–water partition coefficient (Wildman–Crippen LogP) is 4.02. The van der Waals surface area contributed by atoms with Gasteiger partial charge in [0.05, 0.1) is 27.0 Å². The van der Waals surface area contributed by atoms with Crippen molar-refractivity contribution in [2.75, 3.05) is 17.7 Å². The second kappa shape index (κ2) is 7.55. The van der Waals surface area contributed by atoms with Crippen molar-refractivity contribution in [2.45, 2.75) is 0 Å². The number of hydrogen-bond acceptors (Lipinski definition) is 4. The Morgan fingerprint density at radius 1 is 1.09 bits per heavy atom. The first kappa shape index (κ1) is 17.4. The summed E-state index contributed by atoms with van der Waals surface area (Å²) in [5.74, 6) is -1.35. The first-order valence-corrected chi connectivity index (χ1v) is 7.48. The number of benzene rings is 2. The number of amides is 1. The van der Waals surface area contributed by atoms with Gasteiger partial charge in [-0.3, -0.25) is 4.79 Å². The van der Waals surface area contributed by atoms with Crippen molar-refractivity contribution in [2.24, 2.45) is 0 Å². The molecule has 0 spiro atoms. The van der Waals surface area contributed by atoms with E-state index in [0.29, 0.717) is 10.7 Å². The molecule has 1 amide bonds. The molecule has 0 aliphatic carbocycles. The van der Waals surface area contributed by atoms with Crippen LogP contribution in [0.1, 0.15) is 10.4 Å². The molecular formula is C15H11Cl3N2O3. The lowest BCUT2D eigenvalue weighted by atomic mass is 10.2. The Balaban J connectivity index is 2.00. The summed E-state index contributed by atoms with van der Waals surface area (Å²) in [6, 6.07) is 9.40. The Morgan fingerprint density at radius 3 is 2.48 bits per heavy atom. The van der Waals surface area contributed by atoms with Crippen molar-refractivity contribution >= 4 is 58.1 Å². The maximum atomic E-state index is 12.0. The highest BCUT2D eigenvalue weighted by atomic mass is 35.5. The van der Waals surface area contributed by atoms with Crippen LogP contribution in [0.2, 0.25) is 15.1 Å². The predicted molar refractivity (Wildman–Crippen MR) is 91.2 cm³/mol. The summed E-state index contributed by atoms with van der Waals surface area (Å²) in [5, 5.41) is 3.26. The number of carbonyl (C=O) groups is 2. The molecule has 0 heterocycles. The van der Waals surface area contributed by atoms with E-state index in [4.69, 9.17) is 45.3 Å². The third-order valence-electron chi connectivity index (χ3n) is 2.80. The van der Waals surface area contributed by atoms with Gasteiger partial charge in [0.15, 0.2) is 6.61 Å². The van der Waals surface area contributed by atoms with Gasteiger partial charge < -0.3 is 15.8 Å². The van der Waals surface area contributed by atoms with Gasteiger partial charge in [-0.05, 0) is 24.3 Å². The summed E-state index contributed by atoms with van der Waals surface area (Å²) in [5.41, 5.74) is 6.14. The summed E-state index contributed by atoms with van der Waals surface area (Å²) in [4.78, 5) is 23.8. The lowest BCUT2D eigenvalue weighted by Gasteiger charge is -2.10. The largest absolute Gasteiger partial charge is 0.452 e. The second-order valence-electron chi connectivity index (χ2n) is 4.45. The van der Waals surface area contributed by atoms with E-state index in [2.05, 4.69) is 5.32 Å². The van der Waals surface area contributed by atoms with Crippen LogP contribution in [0.4, 0.5) is 11.4 Å². The van der Waals surface area contributed by atoms with Crippen LogP contribution in [-0.4, -0.2) is 18.5 Å². The highest BCUT2D eigenvalue weighted by molar-refractivity contribution is 6.37. The molecule has 8 heteroatoms. The van der Waals surface area contributed by atoms with Gasteiger partial charge in [0.1, 0.15) is 0 Å². The molecule has 0 radical (unpaired) electrons. The summed E-state index contributed by atoms with van der Waals surface area (Å²) in [7, 11) is 0. The summed E-state index contributed by atoms with van der Waals surface area (Å²) in [6.45, 7) is -0.506. The van der Waals surface area contributed by atoms with Gasteiger partial charge in [0.25, 0.3) is 5.91 Å². The number of ether oxygens (including phenoxy) is 1. The SMILES string of the molecule is Nc1c(Cl)cc(Cl)cc1C(=O)OCC(=O)Nc1ccccc1Cl. The average molecular weight is 374 g/mol. The minimum atomic E-state index is -0.804. The Morgan fingerprint density at radius 2 is 1.78 bits per heavy atom. The fourth-order valence-corrected chi connectivity index (χ4v) is 2.39. The highest BCUT2D eigenvalue weighted by Gasteiger charge is 2.16. The fourth-order valence-electron chi connectivity index (χ4n) is 1.71. The van der Waals surface area contributed by atoms with Crippen molar-refractivity contribution < 1.29 is 14.3 Å². The topological polar surface area (TPSA) is 81.4 Å². The van der Waals surface area contributed by atoms with E-state index in [1.165, 1.54) is 12.1 Å². The minimum absolute atomic E-state index is 0.00644. The standard InChI is InChI=1S/C15H11Cl3N2O3/c16-8-5-9(14(19)11(18)6-8)15(22)23-7-13(21)20-12-4-2-1-3-10(12)17/h1-6H,7,19H2,(H,20,21). The van der Waals surface area contributed by atoms with Crippen LogP contribution in [-0.2, 0) is 9.53 Å². The number of anilines is 2. The zero-order valence-corrected chi connectivity index (χ0v) is 13.9. The molecule has 0 aliphatic rings. The molecule has 5 nitrogen and oxygen atoms in total. The Hall–Kier alpha value is -1.95. The van der Waals surface area contributed by atoms with Crippen LogP contribution < -0.4 is 11.1 Å². The van der Waals surface area contributed by atoms with Gasteiger partial charge in [-0.15, -0.1) is 0 Å². The van der Waals surface area contributed by atoms with Crippen LogP contribution in [0, 0.1) is 0 Å². The molecule has 120 valence electrons. The molecule has 0 aromatic heterocycles. The van der Waals surface area contributed by atoms with E-state index in [9.17, 15) is 9.59 Å². The van der Waals surface area contributed by atoms with Crippen molar-refractivity contribution in [3.8, 4) is 0 Å². The van der Waals surface area contributed by atoms with Gasteiger partial charge in [-0.1, -0.05) is 46.9 Å². The van der Waals surface area contributed by atoms with Gasteiger partial charge in [0, 0.05) is 5.02 Å². The second-order valence-corrected chi connectivity index (χ2v) is 5.70. The molecule has 2 aromatic carbocycles. The van der Waals surface area contributed by atoms with E-state index < -0.39 is 18.5 Å². The molecule has 0 unspecified atom stereocenters. The minimum Gasteiger partial charge on any atom is -0.452 e. The van der Waals surface area contributed by atoms with E-state index in [0.717, 1.165) is 0 Å². The smallest absolute Gasteiger partial charge is 0.340 e. The fraction of sp³-hybridized carbons (Fsp3) is 0.0667. The lowest BCUT2D eigenvalue weighted by Crippen LogP contribution is -2.21. The normalized spacial score (nSPS) is 10.2. The first-order valence-electron chi connectivity index (χ1n) is 6.34. The van der Waals surface area contributed by atoms with Crippen molar-refractivity contribution in [1.82, 2.24) is 0 Å². The molecule has 2 aromatic rings. The van der Waals surface area contributed by atoms with E-state index >= 15 is 0 Å². The Labute approximate surface area is 147 Å². The van der Waals surface area contributed by atoms with Gasteiger partial charge in [-0.25, -0.2) is 4.79 Å². The maximum Gasteiger partial charge on any atom is 0.340 e. The molecule has 0 bridgehead atoms. The monoisotopic (exact) mass is 372 g/mol. The quantitative estimate of drug-likeness (QED) is 0.626. The Kier molecular flexibility index (Phi) is 5.71. The molecule has 0 atom stereocenters. The number of halogens is 3. The average Bonchev–Trinajstić information content (AvgIpc) is 2.50. The number of rotatable bonds is 4. The molecule has 0 saturated carbocycles. The summed E-state index contributed by atoms with van der Waals surface area (Å²) >= 11 is 17.6. The van der Waals surface area contributed by atoms with Crippen molar-refractivity contribution in [3.63, 3.8) is 0 Å². The number of para-hydroxylation sites is 1. The van der Waals surface area contributed by atoms with Crippen LogP contribution >= 0.6 is 34.8 Å². The first-order chi connectivity index (χ1) is 10.9. The third-order valence-corrected chi connectivity index (χ3v) is 3.66. The Bertz CT molecular complexity index is 766. The molecule has 0 saturated heterocycles. The zero-order valence-electron chi connectivity index (χ0n) is 11.6. The van der Waals surface area contributed by atoms with Crippen LogP contribution in [0.3, 0.4) is 0 Å². The van der Waals surface area contributed by atoms with Crippen LogP contribution in [0.5, 0.6) is 0 Å². The van der Waals surface area contributed by atoms with E-state index in [1.807, 2.05) is 0 Å². The van der Waals surface area contributed by atoms with Gasteiger partial charge in [-0.2, -0.15) is 0 Å². The summed E-state index contributed by atoms with van der Waals surface area (Å²) in [6.07, 6.45) is 0. The number of hydrogen-bond donors (Lipinski definition) is 2. The summed E-state index contributed by atoms with van der Waals surface area (Å²) < 4.78 is 4.90. The molecule has 0 fully saturated rings. The van der Waals surface area contributed by atoms with Crippen molar-refractivity contribution in [1.29, 1.82) is 0 Å². The lowest BCUT2D eigenvalue weighted by molar-refractivity contribution is -0.119. The van der Waals surface area contributed by atoms with E-state index in [-0.39, 0.29) is 21.3 Å². The van der Waals surface area contributed by atoms with Gasteiger partial charge in [0.2, 0.25) is 0 Å². The van der Waals surface area contributed by atoms with E-state index in [1.54, 1.807) is 24.3 Å². The highest BCUT2D eigenvalue weighted by Crippen LogP contribution is 2.28.